The number of rotatable bonds is 8. The maximum atomic E-state index is 13.0. The molecule has 5 saturated heterocycles. The minimum absolute atomic E-state index is 0. The number of hydrogen-bond donors (Lipinski definition) is 1. The number of fused-ring (bicyclic) bond motifs is 8. The summed E-state index contributed by atoms with van der Waals surface area (Å²) < 4.78 is 50.9. The summed E-state index contributed by atoms with van der Waals surface area (Å²) in [5.74, 6) is 3.09. The van der Waals surface area contributed by atoms with Crippen LogP contribution in [0.5, 0.6) is 0 Å². The van der Waals surface area contributed by atoms with Crippen molar-refractivity contribution in [1.29, 1.82) is 0 Å². The number of aliphatic hydroxyl groups is 1. The number of halogens is 4. The zero-order valence-electron chi connectivity index (χ0n) is 55.3. The highest BCUT2D eigenvalue weighted by Gasteiger charge is 2.50. The molecule has 504 valence electrons. The third kappa shape index (κ3) is 35.1. The number of allylic oxidation sites excluding steroid dienone is 10. The Balaban J connectivity index is 0.000000658. The van der Waals surface area contributed by atoms with Crippen molar-refractivity contribution in [3.05, 3.63) is 94.1 Å². The number of hydrogen-bond acceptors (Lipinski definition) is 15. The van der Waals surface area contributed by atoms with E-state index in [1.807, 2.05) is 46.5 Å². The summed E-state index contributed by atoms with van der Waals surface area (Å²) in [5, 5.41) is 10.3. The molecule has 0 spiro atoms. The molecule has 1 N–H and O–H groups in total. The van der Waals surface area contributed by atoms with E-state index in [1.54, 1.807) is 0 Å². The lowest BCUT2D eigenvalue weighted by atomic mass is 9.88. The summed E-state index contributed by atoms with van der Waals surface area (Å²) in [6.07, 6.45) is 41.7. The number of aliphatic hydroxyl groups excluding tert-OH is 1. The zero-order valence-corrected chi connectivity index (χ0v) is 64.1. The van der Waals surface area contributed by atoms with E-state index in [-0.39, 0.29) is 140 Å². The van der Waals surface area contributed by atoms with Crippen LogP contribution in [-0.4, -0.2) is 115 Å². The van der Waals surface area contributed by atoms with E-state index in [1.165, 1.54) is 24.0 Å². The van der Waals surface area contributed by atoms with E-state index >= 15 is 0 Å². The van der Waals surface area contributed by atoms with E-state index in [4.69, 9.17) is 56.9 Å². The Morgan fingerprint density at radius 2 is 0.944 bits per heavy atom. The molecule has 0 aromatic rings. The van der Waals surface area contributed by atoms with E-state index in [2.05, 4.69) is 186 Å². The summed E-state index contributed by atoms with van der Waals surface area (Å²) in [6, 6.07) is 0. The minimum Gasteiger partial charge on any atom is -0.457 e. The van der Waals surface area contributed by atoms with E-state index in [0.29, 0.717) is 43.1 Å². The second-order valence-electron chi connectivity index (χ2n) is 25.8. The Labute approximate surface area is 589 Å². The van der Waals surface area contributed by atoms with E-state index in [9.17, 15) is 14.7 Å². The van der Waals surface area contributed by atoms with Crippen molar-refractivity contribution in [2.24, 2.45) is 29.6 Å². The first-order valence-corrected chi connectivity index (χ1v) is 39.5. The van der Waals surface area contributed by atoms with Gasteiger partial charge in [0.2, 0.25) is 0 Å². The van der Waals surface area contributed by atoms with Gasteiger partial charge in [-0.2, -0.15) is 19.2 Å². The predicted molar refractivity (Wildman–Crippen MR) is 387 cm³/mol. The van der Waals surface area contributed by atoms with Crippen LogP contribution in [0.1, 0.15) is 206 Å². The van der Waals surface area contributed by atoms with E-state index in [0.717, 1.165) is 77.0 Å². The highest BCUT2D eigenvalue weighted by Crippen LogP contribution is 2.38. The van der Waals surface area contributed by atoms with Crippen molar-refractivity contribution >= 4 is 115 Å². The first-order chi connectivity index (χ1) is 41.9. The molecule has 7 heterocycles. The molecule has 7 aliphatic heterocycles. The molecule has 0 saturated carbocycles. The highest BCUT2D eigenvalue weighted by atomic mass is 128. The Morgan fingerprint density at radius 3 is 1.39 bits per heavy atom. The standard InChI is InChI=1S/C31H48O4.C23H35IO5.C13H23BO2.2CO2.I2.HI/c1-6-22(2)11-8-7-9-14-30-25(5)16-15-23(3)17-26-12-10-13-27(33-26)20-28-18-24(4)19-29(34-28)21-31(32)35-30;1-15-6-7-16(2)22(8-9-24)29-23(26)14-21-12-17(25)11-20(28-21)13-19-5-3-4-18(10-15)27-19;1-7-11(2)9-8-10-14-15-12(3,4)13(5,6)16-14;2*2-1-3;1-2;/h7-9,11,14-16,23-30H,6,10,12-13,17-21H2,1-5H3;6-9,15-22,25H,3-5,10-14H2,1-2H3;8-10H,7H2,1-6H3;;;;1H/b8-7-,14-9+,16-15+,22-11+;7-6+,9-8+;10-8-,11-9+;;;;/t23-,24+,25-,26+,27?,28+,29?,30?;15-,16-,17+,18+,19?,20+,21?,22?;;;;;/m00...../s1. The number of cyclic esters (lactones) is 2. The van der Waals surface area contributed by atoms with Crippen LogP contribution >= 0.6 is 83.8 Å². The van der Waals surface area contributed by atoms with Gasteiger partial charge in [-0.05, 0) is 172 Å². The normalized spacial score (nSPS) is 34.2. The lowest BCUT2D eigenvalue weighted by Gasteiger charge is -2.38. The largest absolute Gasteiger partial charge is 0.487 e. The van der Waals surface area contributed by atoms with Gasteiger partial charge >= 0.3 is 31.4 Å². The molecule has 6 unspecified atom stereocenters. The summed E-state index contributed by atoms with van der Waals surface area (Å²) >= 11 is 6.40. The van der Waals surface area contributed by atoms with E-state index < -0.39 is 6.10 Å². The van der Waals surface area contributed by atoms with Crippen molar-refractivity contribution < 1.29 is 71.6 Å². The number of ether oxygens (including phenoxy) is 6. The Bertz CT molecular complexity index is 2310. The number of carbonyl (C=O) groups excluding carboxylic acids is 6. The molecule has 8 bridgehead atoms. The third-order valence-electron chi connectivity index (χ3n) is 17.4. The summed E-state index contributed by atoms with van der Waals surface area (Å²) in [6.45, 7) is 27.8. The molecular weight excluding hydrogens is 1590 g/mol. The minimum atomic E-state index is -0.434. The van der Waals surface area contributed by atoms with Gasteiger partial charge in [-0.1, -0.05) is 149 Å². The maximum absolute atomic E-state index is 13.0. The lowest BCUT2D eigenvalue weighted by Crippen LogP contribution is -2.41. The fourth-order valence-electron chi connectivity index (χ4n) is 11.7. The van der Waals surface area contributed by atoms with Crippen LogP contribution in [0.2, 0.25) is 0 Å². The van der Waals surface area contributed by atoms with Crippen molar-refractivity contribution in [1.82, 2.24) is 0 Å². The SMILES string of the molecule is CC/C(C)=C/C=C\B1OC(C)(C)C(C)(C)O1.CC/C(C)=C/C=C\C=C\C1OC(=O)CC2C[C@H](C)C[C@H](CC3CCC[C@H](C[C@@H](C)/C=C/[C@@H]1C)O3)O2.C[C@H]1/C=C/[C@H](C)C(/C=C/I)OC(=O)CC2C[C@H](O)C[C@H](CC3CCC[C@H](C1)O3)O2.I.II.O=C=O.O=C=O. The quantitative estimate of drug-likeness (QED) is 0.0791. The smallest absolute Gasteiger partial charge is 0.457 e. The molecule has 0 aromatic carbocycles. The van der Waals surface area contributed by atoms with Gasteiger partial charge in [0, 0.05) is 55.5 Å². The maximum Gasteiger partial charge on any atom is 0.487 e. The molecule has 5 fully saturated rings. The molecule has 7 rings (SSSR count). The molecule has 89 heavy (non-hydrogen) atoms. The van der Waals surface area contributed by atoms with Gasteiger partial charge in [0.05, 0.1) is 79.0 Å². The lowest BCUT2D eigenvalue weighted by molar-refractivity contribution is -0.193. The molecule has 16 atom stereocenters. The van der Waals surface area contributed by atoms with Crippen LogP contribution < -0.4 is 0 Å². The first kappa shape index (κ1) is 85.3. The fraction of sp³-hybridized carbons (Fsp3) is 0.710. The van der Waals surface area contributed by atoms with Crippen LogP contribution in [0, 0.1) is 29.6 Å². The molecule has 0 aliphatic carbocycles. The van der Waals surface area contributed by atoms with Gasteiger partial charge < -0.3 is 42.8 Å². The van der Waals surface area contributed by atoms with Gasteiger partial charge in [-0.25, -0.2) is 0 Å². The van der Waals surface area contributed by atoms with Gasteiger partial charge in [0.1, 0.15) is 12.2 Å². The van der Waals surface area contributed by atoms with Gasteiger partial charge in [0.25, 0.3) is 0 Å². The van der Waals surface area contributed by atoms with Crippen molar-refractivity contribution in [3.63, 3.8) is 0 Å². The number of esters is 2. The van der Waals surface area contributed by atoms with Crippen LogP contribution in [-0.2, 0) is 66.5 Å². The van der Waals surface area contributed by atoms with Crippen LogP contribution in [0.25, 0.3) is 0 Å². The van der Waals surface area contributed by atoms with Gasteiger partial charge in [-0.15, -0.1) is 24.0 Å². The molecule has 20 heteroatoms. The zero-order chi connectivity index (χ0) is 65.8. The van der Waals surface area contributed by atoms with Crippen LogP contribution in [0.15, 0.2) is 94.1 Å². The Hall–Kier alpha value is -1.68. The van der Waals surface area contributed by atoms with Gasteiger partial charge in [-0.3, -0.25) is 9.59 Å². The van der Waals surface area contributed by atoms with Crippen LogP contribution in [0.3, 0.4) is 0 Å². The van der Waals surface area contributed by atoms with Crippen molar-refractivity contribution in [3.8, 4) is 0 Å². The average molecular weight is 1700 g/mol. The average Bonchev–Trinajstić information content (AvgIpc) is 2.81. The predicted octanol–water partition coefficient (Wildman–Crippen LogP) is 17.0. The third-order valence-corrected chi connectivity index (χ3v) is 17.8. The fourth-order valence-corrected chi connectivity index (χ4v) is 12.1. The Morgan fingerprint density at radius 1 is 0.562 bits per heavy atom. The molecule has 0 aromatic heterocycles. The summed E-state index contributed by atoms with van der Waals surface area (Å²) in [5.41, 5.74) is 2.20. The molecule has 7 aliphatic rings. The van der Waals surface area contributed by atoms with Crippen molar-refractivity contribution in [2.75, 3.05) is 0 Å². The summed E-state index contributed by atoms with van der Waals surface area (Å²) in [4.78, 5) is 58.1. The topological polar surface area (TPSA) is 196 Å². The number of carbonyl (C=O) groups is 2. The first-order valence-electron chi connectivity index (χ1n) is 32.0. The second kappa shape index (κ2) is 47.3. The molecular formula is C69H107BI4O15. The second-order valence-corrected chi connectivity index (χ2v) is 26.5. The monoisotopic (exact) mass is 1690 g/mol. The Kier molecular flexibility index (Phi) is 45.3. The molecule has 0 radical (unpaired) electrons. The van der Waals surface area contributed by atoms with Crippen LogP contribution in [0.4, 0.5) is 0 Å². The van der Waals surface area contributed by atoms with Gasteiger partial charge in [0.15, 0.2) is 0 Å². The highest BCUT2D eigenvalue weighted by molar-refractivity contribution is 15.0. The molecule has 15 nitrogen and oxygen atoms in total. The molecule has 0 amide bonds. The van der Waals surface area contributed by atoms with Crippen molar-refractivity contribution in [2.45, 2.75) is 284 Å². The summed E-state index contributed by atoms with van der Waals surface area (Å²) in [7, 11) is -0.231.